The summed E-state index contributed by atoms with van der Waals surface area (Å²) in [5, 5.41) is 10.6. The van der Waals surface area contributed by atoms with Crippen LogP contribution in [-0.2, 0) is 6.42 Å². The molecule has 4 heteroatoms. The van der Waals surface area contributed by atoms with Gasteiger partial charge >= 0.3 is 0 Å². The molecule has 1 heterocycles. The van der Waals surface area contributed by atoms with Gasteiger partial charge in [-0.25, -0.2) is 0 Å². The Kier molecular flexibility index (Phi) is 3.69. The van der Waals surface area contributed by atoms with Crippen molar-refractivity contribution >= 4 is 27.5 Å². The van der Waals surface area contributed by atoms with Crippen molar-refractivity contribution in [1.29, 1.82) is 0 Å². The predicted molar refractivity (Wildman–Crippen MR) is 66.5 cm³/mol. The highest BCUT2D eigenvalue weighted by atomic mass is 79.9. The Bertz CT molecular complexity index is 468. The summed E-state index contributed by atoms with van der Waals surface area (Å²) in [5.41, 5.74) is 0.710. The van der Waals surface area contributed by atoms with E-state index in [4.69, 9.17) is 16.0 Å². The molecule has 0 saturated heterocycles. The normalized spacial score (nSPS) is 12.7. The standard InChI is InChI=1S/C12H10BrClO2/c13-8-3-4-10(11(14)6-8)12(15)7-9-2-1-5-16-9/h1-6,12,15H,7H2. The molecule has 0 bridgehead atoms. The zero-order valence-electron chi connectivity index (χ0n) is 8.36. The lowest BCUT2D eigenvalue weighted by molar-refractivity contribution is 0.170. The molecule has 16 heavy (non-hydrogen) atoms. The van der Waals surface area contributed by atoms with Gasteiger partial charge in [-0.05, 0) is 29.8 Å². The Morgan fingerprint density at radius 2 is 2.19 bits per heavy atom. The number of aliphatic hydroxyl groups is 1. The van der Waals surface area contributed by atoms with Crippen LogP contribution in [0.15, 0.2) is 45.5 Å². The van der Waals surface area contributed by atoms with E-state index in [2.05, 4.69) is 15.9 Å². The van der Waals surface area contributed by atoms with Crippen molar-refractivity contribution in [1.82, 2.24) is 0 Å². The number of furan rings is 1. The average Bonchev–Trinajstić information content (AvgIpc) is 2.70. The van der Waals surface area contributed by atoms with Crippen molar-refractivity contribution in [2.75, 3.05) is 0 Å². The summed E-state index contributed by atoms with van der Waals surface area (Å²) < 4.78 is 6.07. The van der Waals surface area contributed by atoms with E-state index >= 15 is 0 Å². The number of hydrogen-bond donors (Lipinski definition) is 1. The molecule has 0 aliphatic heterocycles. The summed E-state index contributed by atoms with van der Waals surface area (Å²) in [6.45, 7) is 0. The van der Waals surface area contributed by atoms with Crippen LogP contribution in [0.1, 0.15) is 17.4 Å². The van der Waals surface area contributed by atoms with Gasteiger partial charge in [-0.1, -0.05) is 33.6 Å². The highest BCUT2D eigenvalue weighted by Gasteiger charge is 2.13. The predicted octanol–water partition coefficient (Wildman–Crippen LogP) is 3.97. The van der Waals surface area contributed by atoms with Crippen molar-refractivity contribution in [3.8, 4) is 0 Å². The molecule has 1 aromatic carbocycles. The molecular weight excluding hydrogens is 291 g/mol. The molecule has 0 spiro atoms. The number of halogens is 2. The first-order valence-corrected chi connectivity index (χ1v) is 5.99. The number of benzene rings is 1. The first-order chi connectivity index (χ1) is 7.66. The van der Waals surface area contributed by atoms with Crippen LogP contribution < -0.4 is 0 Å². The average molecular weight is 302 g/mol. The fourth-order valence-electron chi connectivity index (χ4n) is 1.50. The van der Waals surface area contributed by atoms with Gasteiger partial charge in [0.05, 0.1) is 12.4 Å². The zero-order valence-corrected chi connectivity index (χ0v) is 10.7. The smallest absolute Gasteiger partial charge is 0.106 e. The summed E-state index contributed by atoms with van der Waals surface area (Å²) in [4.78, 5) is 0. The van der Waals surface area contributed by atoms with E-state index < -0.39 is 6.10 Å². The van der Waals surface area contributed by atoms with Crippen LogP contribution in [0.25, 0.3) is 0 Å². The summed E-state index contributed by atoms with van der Waals surface area (Å²) in [7, 11) is 0. The summed E-state index contributed by atoms with van der Waals surface area (Å²) in [5.74, 6) is 0.742. The van der Waals surface area contributed by atoms with Crippen molar-refractivity contribution in [3.05, 3.63) is 57.4 Å². The topological polar surface area (TPSA) is 33.4 Å². The molecule has 2 nitrogen and oxygen atoms in total. The van der Waals surface area contributed by atoms with E-state index in [0.29, 0.717) is 17.0 Å². The van der Waals surface area contributed by atoms with Crippen molar-refractivity contribution < 1.29 is 9.52 Å². The van der Waals surface area contributed by atoms with E-state index in [9.17, 15) is 5.11 Å². The molecule has 1 N–H and O–H groups in total. The van der Waals surface area contributed by atoms with Crippen LogP contribution in [0.3, 0.4) is 0 Å². The summed E-state index contributed by atoms with van der Waals surface area (Å²) in [6, 6.07) is 9.05. The van der Waals surface area contributed by atoms with E-state index in [1.54, 1.807) is 24.5 Å². The maximum absolute atomic E-state index is 10.0. The van der Waals surface area contributed by atoms with Gasteiger partial charge in [0.15, 0.2) is 0 Å². The van der Waals surface area contributed by atoms with Crippen LogP contribution in [0.2, 0.25) is 5.02 Å². The lowest BCUT2D eigenvalue weighted by Crippen LogP contribution is -2.01. The highest BCUT2D eigenvalue weighted by molar-refractivity contribution is 9.10. The van der Waals surface area contributed by atoms with Crippen molar-refractivity contribution in [3.63, 3.8) is 0 Å². The molecular formula is C12H10BrClO2. The number of hydrogen-bond acceptors (Lipinski definition) is 2. The first kappa shape index (κ1) is 11.7. The molecule has 0 fully saturated rings. The maximum atomic E-state index is 10.0. The van der Waals surface area contributed by atoms with Gasteiger partial charge in [0.1, 0.15) is 5.76 Å². The third-order valence-corrected chi connectivity index (χ3v) is 3.12. The molecule has 0 saturated carbocycles. The molecule has 2 aromatic rings. The SMILES string of the molecule is OC(Cc1ccco1)c1ccc(Br)cc1Cl. The summed E-state index contributed by atoms with van der Waals surface area (Å²) >= 11 is 9.37. The molecule has 84 valence electrons. The van der Waals surface area contributed by atoms with E-state index in [-0.39, 0.29) is 0 Å². The van der Waals surface area contributed by atoms with E-state index in [0.717, 1.165) is 10.2 Å². The van der Waals surface area contributed by atoms with Crippen molar-refractivity contribution in [2.45, 2.75) is 12.5 Å². The van der Waals surface area contributed by atoms with Gasteiger partial charge in [-0.3, -0.25) is 0 Å². The Morgan fingerprint density at radius 3 is 2.81 bits per heavy atom. The third-order valence-electron chi connectivity index (χ3n) is 2.30. The first-order valence-electron chi connectivity index (χ1n) is 4.82. The van der Waals surface area contributed by atoms with E-state index in [1.165, 1.54) is 0 Å². The molecule has 1 atom stereocenters. The molecule has 0 amide bonds. The minimum Gasteiger partial charge on any atom is -0.469 e. The quantitative estimate of drug-likeness (QED) is 0.930. The fraction of sp³-hybridized carbons (Fsp3) is 0.167. The Labute approximate surface area is 107 Å². The second-order valence-electron chi connectivity index (χ2n) is 3.47. The largest absolute Gasteiger partial charge is 0.469 e. The Morgan fingerprint density at radius 1 is 1.38 bits per heavy atom. The second kappa shape index (κ2) is 5.04. The van der Waals surface area contributed by atoms with Crippen LogP contribution in [0.5, 0.6) is 0 Å². The van der Waals surface area contributed by atoms with Gasteiger partial charge in [0.2, 0.25) is 0 Å². The molecule has 0 aliphatic carbocycles. The van der Waals surface area contributed by atoms with Crippen LogP contribution in [-0.4, -0.2) is 5.11 Å². The minimum absolute atomic E-state index is 0.425. The molecule has 0 radical (unpaired) electrons. The van der Waals surface area contributed by atoms with Gasteiger partial charge in [-0.15, -0.1) is 0 Å². The van der Waals surface area contributed by atoms with Crippen LogP contribution >= 0.6 is 27.5 Å². The zero-order chi connectivity index (χ0) is 11.5. The second-order valence-corrected chi connectivity index (χ2v) is 4.79. The fourth-order valence-corrected chi connectivity index (χ4v) is 2.30. The Hall–Kier alpha value is -0.770. The summed E-state index contributed by atoms with van der Waals surface area (Å²) in [6.07, 6.45) is 1.37. The van der Waals surface area contributed by atoms with Gasteiger partial charge < -0.3 is 9.52 Å². The molecule has 2 rings (SSSR count). The molecule has 0 aliphatic rings. The van der Waals surface area contributed by atoms with Gasteiger partial charge in [-0.2, -0.15) is 0 Å². The Balaban J connectivity index is 2.17. The van der Waals surface area contributed by atoms with Crippen LogP contribution in [0.4, 0.5) is 0 Å². The van der Waals surface area contributed by atoms with Crippen LogP contribution in [0, 0.1) is 0 Å². The lowest BCUT2D eigenvalue weighted by Gasteiger charge is -2.11. The highest BCUT2D eigenvalue weighted by Crippen LogP contribution is 2.28. The molecule has 1 unspecified atom stereocenters. The molecule has 1 aromatic heterocycles. The third kappa shape index (κ3) is 2.67. The number of rotatable bonds is 3. The number of aliphatic hydroxyl groups excluding tert-OH is 1. The van der Waals surface area contributed by atoms with Crippen molar-refractivity contribution in [2.24, 2.45) is 0 Å². The maximum Gasteiger partial charge on any atom is 0.106 e. The van der Waals surface area contributed by atoms with Gasteiger partial charge in [0.25, 0.3) is 0 Å². The van der Waals surface area contributed by atoms with Gasteiger partial charge in [0, 0.05) is 15.9 Å². The van der Waals surface area contributed by atoms with E-state index in [1.807, 2.05) is 12.1 Å². The monoisotopic (exact) mass is 300 g/mol. The lowest BCUT2D eigenvalue weighted by atomic mass is 10.1. The minimum atomic E-state index is -0.647.